The van der Waals surface area contributed by atoms with Crippen LogP contribution in [0.5, 0.6) is 0 Å². The van der Waals surface area contributed by atoms with E-state index < -0.39 is 0 Å². The number of carbonyl (C=O) groups is 2. The van der Waals surface area contributed by atoms with Crippen molar-refractivity contribution in [2.24, 2.45) is 5.92 Å². The molecule has 0 aromatic carbocycles. The van der Waals surface area contributed by atoms with E-state index in [1.54, 1.807) is 6.20 Å². The van der Waals surface area contributed by atoms with E-state index in [1.165, 1.54) is 19.3 Å². The van der Waals surface area contributed by atoms with Crippen LogP contribution in [-0.2, 0) is 14.3 Å². The Morgan fingerprint density at radius 1 is 1.27 bits per heavy atom. The molecule has 1 heterocycles. The van der Waals surface area contributed by atoms with Gasteiger partial charge in [-0.2, -0.15) is 0 Å². The number of aryl methyl sites for hydroxylation is 1. The van der Waals surface area contributed by atoms with Crippen LogP contribution in [0.3, 0.4) is 0 Å². The Labute approximate surface area is 131 Å². The summed E-state index contributed by atoms with van der Waals surface area (Å²) in [6.07, 6.45) is 7.91. The van der Waals surface area contributed by atoms with E-state index in [0.29, 0.717) is 18.3 Å². The van der Waals surface area contributed by atoms with Crippen LogP contribution in [0.25, 0.3) is 0 Å². The third kappa shape index (κ3) is 5.47. The number of anilines is 1. The highest BCUT2D eigenvalue weighted by Gasteiger charge is 2.16. The van der Waals surface area contributed by atoms with Crippen LogP contribution in [0, 0.1) is 12.8 Å². The first-order chi connectivity index (χ1) is 10.6. The zero-order valence-electron chi connectivity index (χ0n) is 13.1. The molecular weight excluding hydrogens is 280 g/mol. The van der Waals surface area contributed by atoms with Crippen LogP contribution in [0.15, 0.2) is 18.3 Å². The molecular formula is C17H24N2O3. The van der Waals surface area contributed by atoms with Crippen LogP contribution in [0.4, 0.5) is 5.82 Å². The maximum absolute atomic E-state index is 11.8. The number of hydrogen-bond acceptors (Lipinski definition) is 4. The number of hydrogen-bond donors (Lipinski definition) is 1. The molecule has 5 heteroatoms. The summed E-state index contributed by atoms with van der Waals surface area (Å²) in [5, 5.41) is 2.71. The van der Waals surface area contributed by atoms with Crippen molar-refractivity contribution in [3.8, 4) is 0 Å². The second kappa shape index (κ2) is 8.51. The Hall–Kier alpha value is -1.91. The van der Waals surface area contributed by atoms with Crippen LogP contribution in [-0.4, -0.2) is 23.5 Å². The normalized spacial score (nSPS) is 15.3. The predicted molar refractivity (Wildman–Crippen MR) is 84.4 cm³/mol. The van der Waals surface area contributed by atoms with Crippen LogP contribution in [0.2, 0.25) is 0 Å². The van der Waals surface area contributed by atoms with Gasteiger partial charge in [-0.3, -0.25) is 9.59 Å². The number of rotatable bonds is 6. The van der Waals surface area contributed by atoms with Crippen molar-refractivity contribution in [1.29, 1.82) is 0 Å². The highest BCUT2D eigenvalue weighted by atomic mass is 16.5. The third-order valence-electron chi connectivity index (χ3n) is 4.03. The molecule has 1 aromatic heterocycles. The molecule has 1 aromatic rings. The van der Waals surface area contributed by atoms with Crippen LogP contribution >= 0.6 is 0 Å². The molecule has 1 saturated carbocycles. The van der Waals surface area contributed by atoms with Crippen LogP contribution < -0.4 is 5.32 Å². The van der Waals surface area contributed by atoms with Gasteiger partial charge in [0.2, 0.25) is 5.91 Å². The van der Waals surface area contributed by atoms with Gasteiger partial charge < -0.3 is 10.1 Å². The number of nitrogens with one attached hydrogen (secondary N) is 1. The molecule has 0 aliphatic heterocycles. The first-order valence-corrected chi connectivity index (χ1v) is 8.02. The molecule has 5 nitrogen and oxygen atoms in total. The van der Waals surface area contributed by atoms with Gasteiger partial charge in [-0.15, -0.1) is 0 Å². The van der Waals surface area contributed by atoms with E-state index in [0.717, 1.165) is 18.4 Å². The molecule has 0 unspecified atom stereocenters. The monoisotopic (exact) mass is 304 g/mol. The van der Waals surface area contributed by atoms with Crippen molar-refractivity contribution in [2.45, 2.75) is 51.9 Å². The van der Waals surface area contributed by atoms with Gasteiger partial charge in [-0.1, -0.05) is 25.3 Å². The minimum Gasteiger partial charge on any atom is -0.465 e. The fraction of sp³-hybridized carbons (Fsp3) is 0.588. The molecule has 120 valence electrons. The second-order valence-electron chi connectivity index (χ2n) is 5.90. The van der Waals surface area contributed by atoms with E-state index in [-0.39, 0.29) is 24.7 Å². The Morgan fingerprint density at radius 2 is 2.05 bits per heavy atom. The number of aromatic nitrogens is 1. The summed E-state index contributed by atoms with van der Waals surface area (Å²) in [5.41, 5.74) is 0.899. The summed E-state index contributed by atoms with van der Waals surface area (Å²) in [5.74, 6) is 0.542. The Bertz CT molecular complexity index is 510. The number of amides is 1. The largest absolute Gasteiger partial charge is 0.465 e. The van der Waals surface area contributed by atoms with Gasteiger partial charge in [0.25, 0.3) is 0 Å². The van der Waals surface area contributed by atoms with Gasteiger partial charge in [-0.25, -0.2) is 4.98 Å². The molecule has 0 saturated heterocycles. The molecule has 0 bridgehead atoms. The lowest BCUT2D eigenvalue weighted by Gasteiger charge is -2.20. The number of esters is 1. The van der Waals surface area contributed by atoms with Crippen molar-refractivity contribution < 1.29 is 14.3 Å². The molecule has 1 aliphatic rings. The van der Waals surface area contributed by atoms with Crippen molar-refractivity contribution in [1.82, 2.24) is 4.98 Å². The van der Waals surface area contributed by atoms with E-state index in [2.05, 4.69) is 10.3 Å². The third-order valence-corrected chi connectivity index (χ3v) is 4.03. The van der Waals surface area contributed by atoms with Gasteiger partial charge in [0.1, 0.15) is 5.82 Å². The molecule has 1 N–H and O–H groups in total. The van der Waals surface area contributed by atoms with Crippen molar-refractivity contribution in [3.63, 3.8) is 0 Å². The maximum atomic E-state index is 11.8. The maximum Gasteiger partial charge on any atom is 0.306 e. The fourth-order valence-electron chi connectivity index (χ4n) is 2.66. The lowest BCUT2D eigenvalue weighted by molar-refractivity contribution is -0.146. The molecule has 2 rings (SSSR count). The van der Waals surface area contributed by atoms with Crippen molar-refractivity contribution in [3.05, 3.63) is 23.9 Å². The molecule has 1 amide bonds. The molecule has 0 atom stereocenters. The van der Waals surface area contributed by atoms with E-state index in [4.69, 9.17) is 4.74 Å². The predicted octanol–water partition coefficient (Wildman–Crippen LogP) is 3.23. The first kappa shape index (κ1) is 16.5. The molecule has 1 aliphatic carbocycles. The summed E-state index contributed by atoms with van der Waals surface area (Å²) >= 11 is 0. The molecule has 0 radical (unpaired) electrons. The summed E-state index contributed by atoms with van der Waals surface area (Å²) in [6.45, 7) is 2.38. The van der Waals surface area contributed by atoms with Gasteiger partial charge in [0, 0.05) is 12.6 Å². The summed E-state index contributed by atoms with van der Waals surface area (Å²) < 4.78 is 5.27. The zero-order chi connectivity index (χ0) is 15.8. The van der Waals surface area contributed by atoms with E-state index in [1.807, 2.05) is 19.1 Å². The SMILES string of the molecule is Cc1cccnc1NC(=O)CCC(=O)OCC1CCCCC1. The standard InChI is InChI=1S/C17H24N2O3/c1-13-6-5-11-18-17(13)19-15(20)9-10-16(21)22-12-14-7-3-2-4-8-14/h5-6,11,14H,2-4,7-10,12H2,1H3,(H,18,19,20). The van der Waals surface area contributed by atoms with Crippen LogP contribution in [0.1, 0.15) is 50.5 Å². The molecule has 22 heavy (non-hydrogen) atoms. The minimum atomic E-state index is -0.293. The van der Waals surface area contributed by atoms with Gasteiger partial charge >= 0.3 is 5.97 Å². The van der Waals surface area contributed by atoms with Gasteiger partial charge in [-0.05, 0) is 37.3 Å². The van der Waals surface area contributed by atoms with Crippen molar-refractivity contribution >= 4 is 17.7 Å². The fourth-order valence-corrected chi connectivity index (χ4v) is 2.66. The second-order valence-corrected chi connectivity index (χ2v) is 5.90. The van der Waals surface area contributed by atoms with Gasteiger partial charge in [0.15, 0.2) is 0 Å². The summed E-state index contributed by atoms with van der Waals surface area (Å²) in [4.78, 5) is 27.6. The van der Waals surface area contributed by atoms with E-state index in [9.17, 15) is 9.59 Å². The number of nitrogens with zero attached hydrogens (tertiary/aromatic N) is 1. The quantitative estimate of drug-likeness (QED) is 0.819. The lowest BCUT2D eigenvalue weighted by Crippen LogP contribution is -2.19. The summed E-state index contributed by atoms with van der Waals surface area (Å²) in [6, 6.07) is 3.69. The molecule has 0 spiro atoms. The first-order valence-electron chi connectivity index (χ1n) is 8.02. The Kier molecular flexibility index (Phi) is 6.37. The highest BCUT2D eigenvalue weighted by molar-refractivity contribution is 5.92. The minimum absolute atomic E-state index is 0.116. The topological polar surface area (TPSA) is 68.3 Å². The average Bonchev–Trinajstić information content (AvgIpc) is 2.54. The number of pyridine rings is 1. The lowest BCUT2D eigenvalue weighted by atomic mass is 9.90. The Morgan fingerprint density at radius 3 is 2.77 bits per heavy atom. The number of ether oxygens (including phenoxy) is 1. The average molecular weight is 304 g/mol. The number of carbonyl (C=O) groups excluding carboxylic acids is 2. The van der Waals surface area contributed by atoms with Gasteiger partial charge in [0.05, 0.1) is 13.0 Å². The smallest absolute Gasteiger partial charge is 0.306 e. The van der Waals surface area contributed by atoms with E-state index >= 15 is 0 Å². The molecule has 1 fully saturated rings. The zero-order valence-corrected chi connectivity index (χ0v) is 13.1. The summed E-state index contributed by atoms with van der Waals surface area (Å²) in [7, 11) is 0. The highest BCUT2D eigenvalue weighted by Crippen LogP contribution is 2.23. The Balaban J connectivity index is 1.65. The van der Waals surface area contributed by atoms with Crippen molar-refractivity contribution in [2.75, 3.05) is 11.9 Å².